The lowest BCUT2D eigenvalue weighted by Crippen LogP contribution is -2.06. The lowest BCUT2D eigenvalue weighted by molar-refractivity contribution is -0.137. The lowest BCUT2D eigenvalue weighted by atomic mass is 10.1. The third-order valence-corrected chi connectivity index (χ3v) is 2.70. The fourth-order valence-corrected chi connectivity index (χ4v) is 1.64. The number of nitrogens with zero attached hydrogens (tertiary/aromatic N) is 4. The van der Waals surface area contributed by atoms with Crippen molar-refractivity contribution >= 4 is 11.6 Å². The van der Waals surface area contributed by atoms with Crippen LogP contribution in [-0.4, -0.2) is 20.2 Å². The van der Waals surface area contributed by atoms with Gasteiger partial charge in [-0.25, -0.2) is 0 Å². The van der Waals surface area contributed by atoms with Crippen molar-refractivity contribution in [1.82, 2.24) is 20.2 Å². The van der Waals surface area contributed by atoms with Gasteiger partial charge in [0.25, 0.3) is 0 Å². The highest BCUT2D eigenvalue weighted by Crippen LogP contribution is 2.33. The van der Waals surface area contributed by atoms with Crippen LogP contribution in [0.3, 0.4) is 0 Å². The first-order chi connectivity index (χ1) is 8.38. The highest BCUT2D eigenvalue weighted by atomic mass is 35.5. The molecule has 18 heavy (non-hydrogen) atoms. The predicted octanol–water partition coefficient (Wildman–Crippen LogP) is 2.56. The molecule has 1 aromatic heterocycles. The third kappa shape index (κ3) is 2.61. The second-order valence-electron chi connectivity index (χ2n) is 3.62. The second kappa shape index (κ2) is 4.56. The van der Waals surface area contributed by atoms with Gasteiger partial charge in [-0.1, -0.05) is 12.1 Å². The summed E-state index contributed by atoms with van der Waals surface area (Å²) in [6.45, 7) is 0. The van der Waals surface area contributed by atoms with Crippen LogP contribution in [0.5, 0.6) is 0 Å². The Morgan fingerprint density at radius 1 is 1.33 bits per heavy atom. The number of hydrogen-bond donors (Lipinski definition) is 0. The minimum Gasteiger partial charge on any atom is -0.167 e. The van der Waals surface area contributed by atoms with Gasteiger partial charge in [0.2, 0.25) is 0 Å². The quantitative estimate of drug-likeness (QED) is 0.792. The van der Waals surface area contributed by atoms with E-state index in [1.165, 1.54) is 16.9 Å². The molecule has 0 radical (unpaired) electrons. The Hall–Kier alpha value is -1.63. The van der Waals surface area contributed by atoms with Crippen LogP contribution in [-0.2, 0) is 13.2 Å². The number of aromatic nitrogens is 4. The van der Waals surface area contributed by atoms with Crippen LogP contribution in [0.25, 0.3) is 0 Å². The molecule has 8 heteroatoms. The molecule has 1 unspecified atom stereocenters. The van der Waals surface area contributed by atoms with E-state index in [9.17, 15) is 13.2 Å². The Kier molecular flexibility index (Phi) is 3.25. The van der Waals surface area contributed by atoms with Crippen LogP contribution in [0.2, 0.25) is 0 Å². The van der Waals surface area contributed by atoms with E-state index < -0.39 is 17.1 Å². The highest BCUT2D eigenvalue weighted by Gasteiger charge is 2.31. The third-order valence-electron chi connectivity index (χ3n) is 2.26. The maximum atomic E-state index is 12.5. The molecule has 0 spiro atoms. The van der Waals surface area contributed by atoms with Gasteiger partial charge >= 0.3 is 6.18 Å². The average Bonchev–Trinajstić information content (AvgIpc) is 2.74. The van der Waals surface area contributed by atoms with Crippen molar-refractivity contribution in [3.05, 3.63) is 41.2 Å². The van der Waals surface area contributed by atoms with Gasteiger partial charge in [-0.15, -0.1) is 21.8 Å². The lowest BCUT2D eigenvalue weighted by Gasteiger charge is -2.10. The number of hydrogen-bond acceptors (Lipinski definition) is 3. The van der Waals surface area contributed by atoms with E-state index in [2.05, 4.69) is 15.4 Å². The molecule has 2 rings (SSSR count). The zero-order valence-electron chi connectivity index (χ0n) is 9.19. The molecular formula is C10H8ClF3N4. The number of tetrazole rings is 1. The van der Waals surface area contributed by atoms with Crippen molar-refractivity contribution < 1.29 is 13.2 Å². The molecular weight excluding hydrogens is 269 g/mol. The van der Waals surface area contributed by atoms with Gasteiger partial charge in [-0.3, -0.25) is 0 Å². The molecule has 0 aliphatic rings. The monoisotopic (exact) mass is 276 g/mol. The summed E-state index contributed by atoms with van der Waals surface area (Å²) in [5, 5.41) is 10.3. The zero-order valence-corrected chi connectivity index (χ0v) is 9.94. The van der Waals surface area contributed by atoms with E-state index in [4.69, 9.17) is 11.6 Å². The molecule has 0 saturated heterocycles. The molecule has 0 N–H and O–H groups in total. The molecule has 1 heterocycles. The van der Waals surface area contributed by atoms with Gasteiger partial charge in [0.1, 0.15) is 5.38 Å². The predicted molar refractivity (Wildman–Crippen MR) is 57.9 cm³/mol. The minimum absolute atomic E-state index is 0.165. The van der Waals surface area contributed by atoms with Gasteiger partial charge in [0.05, 0.1) is 12.6 Å². The molecule has 2 aromatic rings. The first-order valence-corrected chi connectivity index (χ1v) is 5.36. The Morgan fingerprint density at radius 3 is 2.61 bits per heavy atom. The second-order valence-corrected chi connectivity index (χ2v) is 4.06. The van der Waals surface area contributed by atoms with Gasteiger partial charge in [0, 0.05) is 0 Å². The van der Waals surface area contributed by atoms with Crippen molar-refractivity contribution in [3.63, 3.8) is 0 Å². The van der Waals surface area contributed by atoms with E-state index in [-0.39, 0.29) is 11.4 Å². The van der Waals surface area contributed by atoms with Crippen molar-refractivity contribution in [2.24, 2.45) is 7.05 Å². The van der Waals surface area contributed by atoms with Crippen LogP contribution in [0.1, 0.15) is 22.3 Å². The van der Waals surface area contributed by atoms with Crippen molar-refractivity contribution in [3.8, 4) is 0 Å². The van der Waals surface area contributed by atoms with Crippen LogP contribution in [0.15, 0.2) is 24.3 Å². The number of halogens is 4. The van der Waals surface area contributed by atoms with E-state index in [0.717, 1.165) is 12.1 Å². The first kappa shape index (κ1) is 12.8. The summed E-state index contributed by atoms with van der Waals surface area (Å²) in [4.78, 5) is 1.19. The topological polar surface area (TPSA) is 43.6 Å². The van der Waals surface area contributed by atoms with Gasteiger partial charge in [-0.05, 0) is 22.9 Å². The van der Waals surface area contributed by atoms with Gasteiger partial charge in [0.15, 0.2) is 5.82 Å². The average molecular weight is 277 g/mol. The fourth-order valence-electron chi connectivity index (χ4n) is 1.42. The molecule has 1 atom stereocenters. The molecule has 0 amide bonds. The number of rotatable bonds is 2. The van der Waals surface area contributed by atoms with E-state index in [1.807, 2.05) is 0 Å². The fraction of sp³-hybridized carbons (Fsp3) is 0.300. The molecule has 1 aromatic carbocycles. The maximum Gasteiger partial charge on any atom is 0.416 e. The van der Waals surface area contributed by atoms with E-state index in [1.54, 1.807) is 7.05 Å². The van der Waals surface area contributed by atoms with Gasteiger partial charge in [-0.2, -0.15) is 18.0 Å². The van der Waals surface area contributed by atoms with Crippen molar-refractivity contribution in [1.29, 1.82) is 0 Å². The van der Waals surface area contributed by atoms with Crippen LogP contribution >= 0.6 is 11.6 Å². The molecule has 0 aliphatic carbocycles. The minimum atomic E-state index is -4.40. The Balaban J connectivity index is 2.34. The summed E-state index contributed by atoms with van der Waals surface area (Å²) in [5.74, 6) is 0.165. The van der Waals surface area contributed by atoms with Crippen LogP contribution in [0, 0.1) is 0 Å². The number of benzene rings is 1. The Labute approximate surface area is 105 Å². The van der Waals surface area contributed by atoms with Gasteiger partial charge < -0.3 is 0 Å². The highest BCUT2D eigenvalue weighted by molar-refractivity contribution is 6.22. The normalized spacial score (nSPS) is 13.6. The summed E-state index contributed by atoms with van der Waals surface area (Å²) >= 11 is 6.02. The SMILES string of the molecule is Cn1nnc(C(Cl)c2cccc(C(F)(F)F)c2)n1. The van der Waals surface area contributed by atoms with Crippen LogP contribution < -0.4 is 0 Å². The largest absolute Gasteiger partial charge is 0.416 e. The first-order valence-electron chi connectivity index (χ1n) is 4.93. The smallest absolute Gasteiger partial charge is 0.167 e. The summed E-state index contributed by atoms with van der Waals surface area (Å²) in [5.41, 5.74) is -0.478. The molecule has 0 fully saturated rings. The Morgan fingerprint density at radius 2 is 2.06 bits per heavy atom. The van der Waals surface area contributed by atoms with Crippen molar-refractivity contribution in [2.45, 2.75) is 11.6 Å². The number of aryl methyl sites for hydroxylation is 1. The zero-order chi connectivity index (χ0) is 13.3. The molecule has 0 aliphatic heterocycles. The van der Waals surface area contributed by atoms with Crippen molar-refractivity contribution in [2.75, 3.05) is 0 Å². The standard InChI is InChI=1S/C10H8ClF3N4/c1-18-16-9(15-17-18)8(11)6-3-2-4-7(5-6)10(12,13)14/h2-5,8H,1H3. The van der Waals surface area contributed by atoms with Crippen LogP contribution in [0.4, 0.5) is 13.2 Å². The summed E-state index contributed by atoms with van der Waals surface area (Å²) < 4.78 is 37.6. The number of alkyl halides is 4. The molecule has 96 valence electrons. The van der Waals surface area contributed by atoms with E-state index >= 15 is 0 Å². The summed E-state index contributed by atoms with van der Waals surface area (Å²) in [7, 11) is 1.55. The maximum absolute atomic E-state index is 12.5. The summed E-state index contributed by atoms with van der Waals surface area (Å²) in [6.07, 6.45) is -4.40. The van der Waals surface area contributed by atoms with E-state index in [0.29, 0.717) is 0 Å². The summed E-state index contributed by atoms with van der Waals surface area (Å²) in [6, 6.07) is 4.75. The molecule has 4 nitrogen and oxygen atoms in total. The molecule has 0 saturated carbocycles. The molecule has 0 bridgehead atoms. The Bertz CT molecular complexity index is 552.